The third-order valence-corrected chi connectivity index (χ3v) is 5.30. The fourth-order valence-electron chi connectivity index (χ4n) is 3.84. The molecule has 147 valence electrons. The van der Waals surface area contributed by atoms with Crippen LogP contribution in [0.25, 0.3) is 21.8 Å². The van der Waals surface area contributed by atoms with E-state index in [1.807, 2.05) is 22.8 Å². The molecule has 0 aliphatic heterocycles. The number of carbonyl (C=O) groups excluding carboxylic acids is 1. The predicted molar refractivity (Wildman–Crippen MR) is 111 cm³/mol. The van der Waals surface area contributed by atoms with Gasteiger partial charge in [-0.1, -0.05) is 37.6 Å². The normalized spacial score (nSPS) is 11.4. The molecule has 1 radical (unpaired) electrons. The first kappa shape index (κ1) is 19.1. The topological polar surface area (TPSA) is 48.0 Å². The summed E-state index contributed by atoms with van der Waals surface area (Å²) in [5.74, 6) is -2.27. The molecule has 1 heterocycles. The van der Waals surface area contributed by atoms with Gasteiger partial charge in [0.15, 0.2) is 11.6 Å². The van der Waals surface area contributed by atoms with E-state index in [0.717, 1.165) is 47.3 Å². The first-order valence-corrected chi connectivity index (χ1v) is 9.69. The highest BCUT2D eigenvalue weighted by Gasteiger charge is 2.18. The molecule has 0 saturated carbocycles. The summed E-state index contributed by atoms with van der Waals surface area (Å²) in [7, 11) is 0. The second kappa shape index (κ2) is 7.66. The summed E-state index contributed by atoms with van der Waals surface area (Å²) in [6.07, 6.45) is 3.02. The zero-order valence-corrected chi connectivity index (χ0v) is 16.1. The second-order valence-electron chi connectivity index (χ2n) is 7.23. The van der Waals surface area contributed by atoms with Crippen molar-refractivity contribution < 1.29 is 13.6 Å². The molecule has 1 aromatic heterocycles. The Labute approximate surface area is 167 Å². The average Bonchev–Trinajstić information content (AvgIpc) is 3.03. The molecule has 0 fully saturated rings. The number of aromatic nitrogens is 1. The van der Waals surface area contributed by atoms with Crippen LogP contribution in [-0.4, -0.2) is 10.5 Å². The van der Waals surface area contributed by atoms with Crippen molar-refractivity contribution in [2.75, 3.05) is 0 Å². The SMILES string of the molecule is CCCCc1c[c]c2c3c(C(N)=O)cccc3n(Cc3cccc(F)c3F)c2c1. The number of carbonyl (C=O) groups is 1. The molecule has 0 spiro atoms. The maximum atomic E-state index is 14.4. The van der Waals surface area contributed by atoms with Crippen molar-refractivity contribution in [3.05, 3.63) is 82.9 Å². The number of unbranched alkanes of at least 4 members (excludes halogenated alkanes) is 1. The molecule has 3 nitrogen and oxygen atoms in total. The first-order chi connectivity index (χ1) is 14.0. The van der Waals surface area contributed by atoms with Crippen LogP contribution < -0.4 is 5.73 Å². The highest BCUT2D eigenvalue weighted by atomic mass is 19.2. The van der Waals surface area contributed by atoms with E-state index in [1.165, 1.54) is 6.07 Å². The number of primary amides is 1. The van der Waals surface area contributed by atoms with Crippen molar-refractivity contribution in [1.82, 2.24) is 4.57 Å². The first-order valence-electron chi connectivity index (χ1n) is 9.69. The summed E-state index contributed by atoms with van der Waals surface area (Å²) < 4.78 is 30.0. The van der Waals surface area contributed by atoms with Crippen molar-refractivity contribution in [2.24, 2.45) is 5.73 Å². The predicted octanol–water partition coefficient (Wildman–Crippen LogP) is 5.36. The fraction of sp³-hybridized carbons (Fsp3) is 0.208. The van der Waals surface area contributed by atoms with Crippen LogP contribution in [0.4, 0.5) is 8.78 Å². The highest BCUT2D eigenvalue weighted by molar-refractivity contribution is 6.17. The fourth-order valence-corrected chi connectivity index (χ4v) is 3.84. The van der Waals surface area contributed by atoms with Gasteiger partial charge < -0.3 is 10.3 Å². The molecule has 0 bridgehead atoms. The van der Waals surface area contributed by atoms with Crippen molar-refractivity contribution in [3.63, 3.8) is 0 Å². The van der Waals surface area contributed by atoms with Crippen LogP contribution in [0.1, 0.15) is 41.3 Å². The molecular weight excluding hydrogens is 370 g/mol. The number of amides is 1. The van der Waals surface area contributed by atoms with Gasteiger partial charge >= 0.3 is 0 Å². The van der Waals surface area contributed by atoms with E-state index in [2.05, 4.69) is 13.0 Å². The lowest BCUT2D eigenvalue weighted by molar-refractivity contribution is 0.100. The number of benzene rings is 3. The molecule has 5 heteroatoms. The Morgan fingerprint density at radius 1 is 1.14 bits per heavy atom. The number of hydrogen-bond acceptors (Lipinski definition) is 1. The Morgan fingerprint density at radius 3 is 2.69 bits per heavy atom. The second-order valence-corrected chi connectivity index (χ2v) is 7.23. The largest absolute Gasteiger partial charge is 0.366 e. The summed E-state index contributed by atoms with van der Waals surface area (Å²) >= 11 is 0. The Hall–Kier alpha value is -3.21. The molecule has 0 aliphatic carbocycles. The van der Waals surface area contributed by atoms with Gasteiger partial charge in [0.25, 0.3) is 0 Å². The van der Waals surface area contributed by atoms with E-state index in [4.69, 9.17) is 5.73 Å². The minimum absolute atomic E-state index is 0.136. The van der Waals surface area contributed by atoms with Gasteiger partial charge in [-0.3, -0.25) is 4.79 Å². The molecule has 4 rings (SSSR count). The van der Waals surface area contributed by atoms with Gasteiger partial charge in [0.1, 0.15) is 0 Å². The van der Waals surface area contributed by atoms with Gasteiger partial charge in [0, 0.05) is 21.9 Å². The van der Waals surface area contributed by atoms with Crippen LogP contribution in [-0.2, 0) is 13.0 Å². The van der Waals surface area contributed by atoms with Crippen molar-refractivity contribution in [1.29, 1.82) is 0 Å². The molecule has 0 atom stereocenters. The Morgan fingerprint density at radius 2 is 1.93 bits per heavy atom. The third-order valence-electron chi connectivity index (χ3n) is 5.30. The Bertz CT molecular complexity index is 1230. The van der Waals surface area contributed by atoms with Gasteiger partial charge in [0.05, 0.1) is 17.6 Å². The molecule has 3 aromatic carbocycles. The monoisotopic (exact) mass is 391 g/mol. The van der Waals surface area contributed by atoms with Gasteiger partial charge in [-0.15, -0.1) is 0 Å². The van der Waals surface area contributed by atoms with E-state index < -0.39 is 17.5 Å². The van der Waals surface area contributed by atoms with Crippen molar-refractivity contribution in [2.45, 2.75) is 32.7 Å². The molecule has 0 aliphatic rings. The Kier molecular flexibility index (Phi) is 5.05. The summed E-state index contributed by atoms with van der Waals surface area (Å²) in [6.45, 7) is 2.27. The number of aryl methyl sites for hydroxylation is 1. The molecule has 1 amide bonds. The molecular formula is C24H21F2N2O. The lowest BCUT2D eigenvalue weighted by Crippen LogP contribution is -2.11. The van der Waals surface area contributed by atoms with Gasteiger partial charge in [0.2, 0.25) is 5.91 Å². The molecule has 0 saturated heterocycles. The maximum absolute atomic E-state index is 14.4. The number of hydrogen-bond donors (Lipinski definition) is 1. The summed E-state index contributed by atoms with van der Waals surface area (Å²) in [4.78, 5) is 12.0. The number of rotatable bonds is 6. The maximum Gasteiger partial charge on any atom is 0.249 e. The molecule has 2 N–H and O–H groups in total. The van der Waals surface area contributed by atoms with E-state index in [-0.39, 0.29) is 12.1 Å². The van der Waals surface area contributed by atoms with Crippen molar-refractivity contribution in [3.8, 4) is 0 Å². The van der Waals surface area contributed by atoms with Crippen LogP contribution in [0.5, 0.6) is 0 Å². The van der Waals surface area contributed by atoms with E-state index in [0.29, 0.717) is 10.9 Å². The number of nitrogens with zero attached hydrogens (tertiary/aromatic N) is 1. The summed E-state index contributed by atoms with van der Waals surface area (Å²) in [6, 6.07) is 16.7. The van der Waals surface area contributed by atoms with Gasteiger partial charge in [-0.05, 0) is 48.7 Å². The van der Waals surface area contributed by atoms with Crippen LogP contribution in [0.3, 0.4) is 0 Å². The zero-order valence-electron chi connectivity index (χ0n) is 16.1. The van der Waals surface area contributed by atoms with Crippen LogP contribution in [0.2, 0.25) is 0 Å². The van der Waals surface area contributed by atoms with Crippen molar-refractivity contribution >= 4 is 27.7 Å². The minimum Gasteiger partial charge on any atom is -0.366 e. The quantitative estimate of drug-likeness (QED) is 0.472. The molecule has 4 aromatic rings. The molecule has 0 unspecified atom stereocenters. The van der Waals surface area contributed by atoms with E-state index in [9.17, 15) is 13.6 Å². The lowest BCUT2D eigenvalue weighted by Gasteiger charge is -2.10. The smallest absolute Gasteiger partial charge is 0.249 e. The third kappa shape index (κ3) is 3.37. The average molecular weight is 391 g/mol. The standard InChI is InChI=1S/C24H21F2N2O/c1-2-3-6-15-11-12-17-21(13-15)28(14-16-7-4-9-19(25)23(16)26)20-10-5-8-18(22(17)20)24(27)29/h4-5,7-11,13H,2-3,6,14H2,1H3,(H2,27,29). The highest BCUT2D eigenvalue weighted by Crippen LogP contribution is 2.33. The van der Waals surface area contributed by atoms with Crippen LogP contribution in [0.15, 0.2) is 48.5 Å². The van der Waals surface area contributed by atoms with Crippen LogP contribution in [0, 0.1) is 17.7 Å². The van der Waals surface area contributed by atoms with Gasteiger partial charge in [-0.25, -0.2) is 8.78 Å². The zero-order chi connectivity index (χ0) is 20.5. The molecule has 29 heavy (non-hydrogen) atoms. The number of halogens is 2. The summed E-state index contributed by atoms with van der Waals surface area (Å²) in [5, 5.41) is 1.44. The number of fused-ring (bicyclic) bond motifs is 3. The van der Waals surface area contributed by atoms with Crippen LogP contribution >= 0.6 is 0 Å². The minimum atomic E-state index is -0.878. The summed E-state index contributed by atoms with van der Waals surface area (Å²) in [5.41, 5.74) is 8.91. The van der Waals surface area contributed by atoms with E-state index >= 15 is 0 Å². The lowest BCUT2D eigenvalue weighted by atomic mass is 10.0. The van der Waals surface area contributed by atoms with E-state index in [1.54, 1.807) is 18.2 Å². The van der Waals surface area contributed by atoms with Gasteiger partial charge in [-0.2, -0.15) is 0 Å². The number of nitrogens with two attached hydrogens (primary N) is 1. The Balaban J connectivity index is 1.99.